The second-order valence-electron chi connectivity index (χ2n) is 2.20. The first-order valence-electron chi connectivity index (χ1n) is 2.89. The van der Waals surface area contributed by atoms with Gasteiger partial charge in [0.05, 0.1) is 0 Å². The Balaban J connectivity index is 2.62. The highest BCUT2D eigenvalue weighted by atomic mass is 16.4. The molecule has 0 aliphatic heterocycles. The van der Waals surface area contributed by atoms with Gasteiger partial charge in [-0.15, -0.1) is 0 Å². The molecule has 1 atom stereocenters. The van der Waals surface area contributed by atoms with Crippen molar-refractivity contribution in [2.24, 2.45) is 5.73 Å². The lowest BCUT2D eigenvalue weighted by Crippen LogP contribution is -2.12. The molecule has 0 fully saturated rings. The lowest BCUT2D eigenvalue weighted by molar-refractivity contribution is -0.132. The van der Waals surface area contributed by atoms with Crippen LogP contribution >= 0.6 is 0 Å². The van der Waals surface area contributed by atoms with Crippen molar-refractivity contribution in [1.29, 1.82) is 0 Å². The van der Waals surface area contributed by atoms with E-state index in [0.29, 0.717) is 12.0 Å². The summed E-state index contributed by atoms with van der Waals surface area (Å²) in [5.74, 6) is -0.831. The molecule has 0 spiro atoms. The lowest BCUT2D eigenvalue weighted by atomic mass is 10.2. The molecule has 0 radical (unpaired) electrons. The van der Waals surface area contributed by atoms with Crippen molar-refractivity contribution in [3.63, 3.8) is 0 Å². The van der Waals surface area contributed by atoms with Crippen LogP contribution in [0.15, 0.2) is 11.6 Å². The second kappa shape index (κ2) is 2.19. The minimum absolute atomic E-state index is 0.0314. The van der Waals surface area contributed by atoms with Crippen molar-refractivity contribution < 1.29 is 9.90 Å². The van der Waals surface area contributed by atoms with Gasteiger partial charge in [0.1, 0.15) is 0 Å². The van der Waals surface area contributed by atoms with Gasteiger partial charge < -0.3 is 10.8 Å². The Morgan fingerprint density at radius 1 is 1.89 bits per heavy atom. The van der Waals surface area contributed by atoms with E-state index >= 15 is 0 Å². The molecule has 3 nitrogen and oxygen atoms in total. The van der Waals surface area contributed by atoms with Crippen LogP contribution in [0.5, 0.6) is 0 Å². The van der Waals surface area contributed by atoms with Crippen molar-refractivity contribution in [3.8, 4) is 0 Å². The van der Waals surface area contributed by atoms with Crippen molar-refractivity contribution in [2.45, 2.75) is 18.9 Å². The smallest absolute Gasteiger partial charge is 0.331 e. The summed E-state index contributed by atoms with van der Waals surface area (Å²) in [5, 5.41) is 8.41. The van der Waals surface area contributed by atoms with E-state index in [4.69, 9.17) is 10.8 Å². The minimum Gasteiger partial charge on any atom is -0.478 e. The van der Waals surface area contributed by atoms with E-state index in [1.165, 1.54) is 0 Å². The number of carboxylic acids is 1. The summed E-state index contributed by atoms with van der Waals surface area (Å²) in [7, 11) is 0. The summed E-state index contributed by atoms with van der Waals surface area (Å²) in [6, 6.07) is -0.0314. The van der Waals surface area contributed by atoms with Crippen LogP contribution in [-0.4, -0.2) is 17.1 Å². The molecule has 1 aliphatic carbocycles. The summed E-state index contributed by atoms with van der Waals surface area (Å²) < 4.78 is 0. The molecule has 0 saturated carbocycles. The average Bonchev–Trinajstić information content (AvgIpc) is 2.14. The van der Waals surface area contributed by atoms with Crippen LogP contribution in [0.25, 0.3) is 0 Å². The predicted molar refractivity (Wildman–Crippen MR) is 32.9 cm³/mol. The molecule has 3 heteroatoms. The SMILES string of the molecule is NC1C=C(C(=O)O)CC1. The van der Waals surface area contributed by atoms with Gasteiger partial charge in [-0.25, -0.2) is 4.79 Å². The molecule has 0 aromatic rings. The van der Waals surface area contributed by atoms with Gasteiger partial charge in [-0.3, -0.25) is 0 Å². The van der Waals surface area contributed by atoms with Crippen LogP contribution in [0.2, 0.25) is 0 Å². The van der Waals surface area contributed by atoms with Gasteiger partial charge in [0.15, 0.2) is 0 Å². The van der Waals surface area contributed by atoms with Gasteiger partial charge in [0.25, 0.3) is 0 Å². The van der Waals surface area contributed by atoms with Crippen molar-refractivity contribution >= 4 is 5.97 Å². The van der Waals surface area contributed by atoms with E-state index in [-0.39, 0.29) is 6.04 Å². The van der Waals surface area contributed by atoms with E-state index < -0.39 is 5.97 Å². The van der Waals surface area contributed by atoms with E-state index in [2.05, 4.69) is 0 Å². The molecule has 3 N–H and O–H groups in total. The first kappa shape index (κ1) is 6.29. The molecule has 0 aromatic heterocycles. The maximum Gasteiger partial charge on any atom is 0.331 e. The lowest BCUT2D eigenvalue weighted by Gasteiger charge is -1.90. The molecule has 0 saturated heterocycles. The predicted octanol–water partition coefficient (Wildman–Crippen LogP) is 0.118. The quantitative estimate of drug-likeness (QED) is 0.525. The summed E-state index contributed by atoms with van der Waals surface area (Å²) >= 11 is 0. The van der Waals surface area contributed by atoms with Crippen molar-refractivity contribution in [2.75, 3.05) is 0 Å². The molecule has 50 valence electrons. The monoisotopic (exact) mass is 127 g/mol. The third-order valence-corrected chi connectivity index (χ3v) is 1.44. The van der Waals surface area contributed by atoms with E-state index in [1.54, 1.807) is 6.08 Å². The van der Waals surface area contributed by atoms with E-state index in [9.17, 15) is 4.79 Å². The van der Waals surface area contributed by atoms with E-state index in [0.717, 1.165) is 6.42 Å². The Bertz CT molecular complexity index is 162. The summed E-state index contributed by atoms with van der Waals surface area (Å²) in [5.41, 5.74) is 5.88. The number of carboxylic acid groups (broad SMARTS) is 1. The number of hydrogen-bond donors (Lipinski definition) is 2. The maximum absolute atomic E-state index is 10.2. The standard InChI is InChI=1S/C6H9NO2/c7-5-2-1-4(3-5)6(8)9/h3,5H,1-2,7H2,(H,8,9). The van der Waals surface area contributed by atoms with Crippen LogP contribution in [0, 0.1) is 0 Å². The van der Waals surface area contributed by atoms with Crippen LogP contribution in [0.1, 0.15) is 12.8 Å². The van der Waals surface area contributed by atoms with E-state index in [1.807, 2.05) is 0 Å². The Morgan fingerprint density at radius 3 is 2.78 bits per heavy atom. The molecule has 0 heterocycles. The molecular formula is C6H9NO2. The van der Waals surface area contributed by atoms with Gasteiger partial charge >= 0.3 is 5.97 Å². The Hall–Kier alpha value is -0.830. The Kier molecular flexibility index (Phi) is 1.53. The van der Waals surface area contributed by atoms with Gasteiger partial charge in [0, 0.05) is 11.6 Å². The zero-order chi connectivity index (χ0) is 6.85. The normalized spacial score (nSPS) is 25.9. The molecule has 9 heavy (non-hydrogen) atoms. The number of aliphatic carboxylic acids is 1. The van der Waals surface area contributed by atoms with Gasteiger partial charge in [-0.2, -0.15) is 0 Å². The Morgan fingerprint density at radius 2 is 2.56 bits per heavy atom. The molecule has 1 unspecified atom stereocenters. The van der Waals surface area contributed by atoms with Crippen LogP contribution in [0.3, 0.4) is 0 Å². The number of carbonyl (C=O) groups is 1. The first-order valence-corrected chi connectivity index (χ1v) is 2.89. The zero-order valence-electron chi connectivity index (χ0n) is 5.00. The maximum atomic E-state index is 10.2. The molecule has 0 amide bonds. The highest BCUT2D eigenvalue weighted by Crippen LogP contribution is 2.16. The largest absolute Gasteiger partial charge is 0.478 e. The molecule has 0 bridgehead atoms. The fourth-order valence-electron chi connectivity index (χ4n) is 0.925. The number of nitrogens with two attached hydrogens (primary N) is 1. The first-order chi connectivity index (χ1) is 4.20. The fourth-order valence-corrected chi connectivity index (χ4v) is 0.925. The van der Waals surface area contributed by atoms with Crippen molar-refractivity contribution in [3.05, 3.63) is 11.6 Å². The Labute approximate surface area is 53.2 Å². The molecule has 1 aliphatic rings. The molecule has 1 rings (SSSR count). The summed E-state index contributed by atoms with van der Waals surface area (Å²) in [4.78, 5) is 10.2. The highest BCUT2D eigenvalue weighted by Gasteiger charge is 2.16. The topological polar surface area (TPSA) is 63.3 Å². The van der Waals surface area contributed by atoms with Crippen LogP contribution in [-0.2, 0) is 4.79 Å². The van der Waals surface area contributed by atoms with Gasteiger partial charge in [-0.05, 0) is 12.8 Å². The third kappa shape index (κ3) is 1.29. The average molecular weight is 127 g/mol. The van der Waals surface area contributed by atoms with Crippen molar-refractivity contribution in [1.82, 2.24) is 0 Å². The highest BCUT2D eigenvalue weighted by molar-refractivity contribution is 5.87. The van der Waals surface area contributed by atoms with Gasteiger partial charge in [0.2, 0.25) is 0 Å². The molecule has 0 aromatic carbocycles. The van der Waals surface area contributed by atoms with Gasteiger partial charge in [-0.1, -0.05) is 6.08 Å². The minimum atomic E-state index is -0.831. The van der Waals surface area contributed by atoms with Crippen LogP contribution in [0.4, 0.5) is 0 Å². The second-order valence-corrected chi connectivity index (χ2v) is 2.20. The molecular weight excluding hydrogens is 118 g/mol. The summed E-state index contributed by atoms with van der Waals surface area (Å²) in [6.07, 6.45) is 3.01. The third-order valence-electron chi connectivity index (χ3n) is 1.44. The number of hydrogen-bond acceptors (Lipinski definition) is 2. The fraction of sp³-hybridized carbons (Fsp3) is 0.500. The van der Waals surface area contributed by atoms with Crippen LogP contribution < -0.4 is 5.73 Å². The zero-order valence-corrected chi connectivity index (χ0v) is 5.00. The number of rotatable bonds is 1. The summed E-state index contributed by atoms with van der Waals surface area (Å²) in [6.45, 7) is 0.